The molecular weight excluding hydrogens is 224 g/mol. The minimum absolute atomic E-state index is 0.0250. The summed E-state index contributed by atoms with van der Waals surface area (Å²) in [6.07, 6.45) is 4.36. The third-order valence-corrected chi connectivity index (χ3v) is 2.24. The lowest BCUT2D eigenvalue weighted by Crippen LogP contribution is -2.08. The molecule has 7 nitrogen and oxygen atoms in total. The van der Waals surface area contributed by atoms with Crippen LogP contribution < -0.4 is 10.1 Å². The molecule has 0 unspecified atom stereocenters. The van der Waals surface area contributed by atoms with E-state index in [1.807, 2.05) is 0 Å². The first-order valence-corrected chi connectivity index (χ1v) is 5.48. The predicted octanol–water partition coefficient (Wildman–Crippen LogP) is 2.00. The molecule has 1 heterocycles. The summed E-state index contributed by atoms with van der Waals surface area (Å²) < 4.78 is 4.84. The number of ether oxygens (including phenoxy) is 1. The Kier molecular flexibility index (Phi) is 5.12. The number of anilines is 1. The molecule has 1 N–H and O–H groups in total. The van der Waals surface area contributed by atoms with Crippen LogP contribution >= 0.6 is 0 Å². The molecule has 94 valence electrons. The molecule has 0 saturated carbocycles. The smallest absolute Gasteiger partial charge is 0.372 e. The van der Waals surface area contributed by atoms with Crippen LogP contribution in [0.2, 0.25) is 0 Å². The summed E-state index contributed by atoms with van der Waals surface area (Å²) in [6, 6.07) is 0. The number of aromatic nitrogens is 2. The lowest BCUT2D eigenvalue weighted by Gasteiger charge is -2.07. The van der Waals surface area contributed by atoms with Gasteiger partial charge in [0.15, 0.2) is 0 Å². The second kappa shape index (κ2) is 6.62. The monoisotopic (exact) mass is 240 g/mol. The Morgan fingerprint density at radius 3 is 2.82 bits per heavy atom. The van der Waals surface area contributed by atoms with Crippen molar-refractivity contribution >= 4 is 11.5 Å². The average molecular weight is 240 g/mol. The molecule has 0 aliphatic rings. The van der Waals surface area contributed by atoms with E-state index in [0.717, 1.165) is 19.3 Å². The minimum Gasteiger partial charge on any atom is -0.476 e. The van der Waals surface area contributed by atoms with E-state index in [0.29, 0.717) is 6.54 Å². The first-order chi connectivity index (χ1) is 8.20. The SMILES string of the molecule is CCCCCNc1ncnc(OC)c1[N+](=O)[O-]. The summed E-state index contributed by atoms with van der Waals surface area (Å²) in [6.45, 7) is 2.74. The molecule has 0 radical (unpaired) electrons. The first kappa shape index (κ1) is 13.1. The molecule has 0 aliphatic carbocycles. The number of unbranched alkanes of at least 4 members (excludes halogenated alkanes) is 2. The number of hydrogen-bond donors (Lipinski definition) is 1. The van der Waals surface area contributed by atoms with Crippen molar-refractivity contribution in [2.45, 2.75) is 26.2 Å². The Balaban J connectivity index is 2.79. The summed E-state index contributed by atoms with van der Waals surface area (Å²) in [4.78, 5) is 17.9. The Labute approximate surface area is 99.4 Å². The number of nitrogens with zero attached hydrogens (tertiary/aromatic N) is 3. The standard InChI is InChI=1S/C10H16N4O3/c1-3-4-5-6-11-9-8(14(15)16)10(17-2)13-7-12-9/h7H,3-6H2,1-2H3,(H,11,12,13). The van der Waals surface area contributed by atoms with Crippen LogP contribution in [0.1, 0.15) is 26.2 Å². The van der Waals surface area contributed by atoms with Gasteiger partial charge in [0.25, 0.3) is 5.88 Å². The van der Waals surface area contributed by atoms with Gasteiger partial charge in [0.1, 0.15) is 6.33 Å². The molecule has 1 aromatic rings. The van der Waals surface area contributed by atoms with E-state index in [1.165, 1.54) is 13.4 Å². The van der Waals surface area contributed by atoms with Crippen molar-refractivity contribution in [1.29, 1.82) is 0 Å². The molecule has 0 amide bonds. The van der Waals surface area contributed by atoms with E-state index in [-0.39, 0.29) is 17.4 Å². The van der Waals surface area contributed by atoms with Gasteiger partial charge in [-0.25, -0.2) is 4.98 Å². The fraction of sp³-hybridized carbons (Fsp3) is 0.600. The van der Waals surface area contributed by atoms with Crippen molar-refractivity contribution < 1.29 is 9.66 Å². The lowest BCUT2D eigenvalue weighted by atomic mass is 10.2. The largest absolute Gasteiger partial charge is 0.476 e. The van der Waals surface area contributed by atoms with E-state index < -0.39 is 4.92 Å². The van der Waals surface area contributed by atoms with Crippen molar-refractivity contribution in [1.82, 2.24) is 9.97 Å². The summed E-state index contributed by atoms with van der Waals surface area (Å²) in [7, 11) is 1.34. The minimum atomic E-state index is -0.541. The van der Waals surface area contributed by atoms with E-state index in [4.69, 9.17) is 4.74 Å². The van der Waals surface area contributed by atoms with Crippen molar-refractivity contribution in [2.24, 2.45) is 0 Å². The van der Waals surface area contributed by atoms with Gasteiger partial charge >= 0.3 is 5.69 Å². The maximum absolute atomic E-state index is 10.9. The highest BCUT2D eigenvalue weighted by Gasteiger charge is 2.23. The van der Waals surface area contributed by atoms with Crippen LogP contribution in [0.4, 0.5) is 11.5 Å². The van der Waals surface area contributed by atoms with Crippen LogP contribution in [-0.4, -0.2) is 28.5 Å². The van der Waals surface area contributed by atoms with E-state index in [2.05, 4.69) is 22.2 Å². The zero-order valence-electron chi connectivity index (χ0n) is 9.97. The van der Waals surface area contributed by atoms with Gasteiger partial charge in [-0.3, -0.25) is 10.1 Å². The fourth-order valence-corrected chi connectivity index (χ4v) is 1.39. The maximum Gasteiger partial charge on any atom is 0.372 e. The van der Waals surface area contributed by atoms with Crippen molar-refractivity contribution in [3.63, 3.8) is 0 Å². The van der Waals surface area contributed by atoms with Gasteiger partial charge in [-0.2, -0.15) is 4.98 Å². The lowest BCUT2D eigenvalue weighted by molar-refractivity contribution is -0.385. The summed E-state index contributed by atoms with van der Waals surface area (Å²) in [5.41, 5.74) is -0.216. The van der Waals surface area contributed by atoms with Gasteiger partial charge < -0.3 is 10.1 Å². The second-order valence-electron chi connectivity index (χ2n) is 3.47. The molecule has 0 fully saturated rings. The van der Waals surface area contributed by atoms with Crippen LogP contribution in [0.3, 0.4) is 0 Å². The molecule has 0 spiro atoms. The zero-order valence-corrected chi connectivity index (χ0v) is 9.97. The van der Waals surface area contributed by atoms with E-state index >= 15 is 0 Å². The van der Waals surface area contributed by atoms with Gasteiger partial charge in [0.05, 0.1) is 12.0 Å². The number of rotatable bonds is 7. The first-order valence-electron chi connectivity index (χ1n) is 5.48. The van der Waals surface area contributed by atoms with Crippen LogP contribution in [-0.2, 0) is 0 Å². The number of nitro groups is 1. The fourth-order valence-electron chi connectivity index (χ4n) is 1.39. The van der Waals surface area contributed by atoms with Gasteiger partial charge in [0.2, 0.25) is 5.82 Å². The predicted molar refractivity (Wildman–Crippen MR) is 63.3 cm³/mol. The van der Waals surface area contributed by atoms with Gasteiger partial charge in [-0.05, 0) is 6.42 Å². The van der Waals surface area contributed by atoms with Crippen LogP contribution in [0.5, 0.6) is 5.88 Å². The molecule has 0 aromatic carbocycles. The summed E-state index contributed by atoms with van der Waals surface area (Å²) in [5.74, 6) is 0.181. The molecular formula is C10H16N4O3. The Morgan fingerprint density at radius 2 is 2.24 bits per heavy atom. The molecule has 1 rings (SSSR count). The van der Waals surface area contributed by atoms with Crippen LogP contribution in [0, 0.1) is 10.1 Å². The Morgan fingerprint density at radius 1 is 1.47 bits per heavy atom. The van der Waals surface area contributed by atoms with Crippen LogP contribution in [0.25, 0.3) is 0 Å². The van der Waals surface area contributed by atoms with Gasteiger partial charge in [-0.1, -0.05) is 19.8 Å². The summed E-state index contributed by atoms with van der Waals surface area (Å²) >= 11 is 0. The molecule has 1 aromatic heterocycles. The van der Waals surface area contributed by atoms with Gasteiger partial charge in [0, 0.05) is 6.54 Å². The third-order valence-electron chi connectivity index (χ3n) is 2.24. The highest BCUT2D eigenvalue weighted by molar-refractivity contribution is 5.60. The molecule has 17 heavy (non-hydrogen) atoms. The normalized spacial score (nSPS) is 10.0. The molecule has 7 heteroatoms. The highest BCUT2D eigenvalue weighted by atomic mass is 16.6. The second-order valence-corrected chi connectivity index (χ2v) is 3.47. The van der Waals surface area contributed by atoms with Crippen LogP contribution in [0.15, 0.2) is 6.33 Å². The molecule has 0 bridgehead atoms. The third kappa shape index (κ3) is 3.54. The highest BCUT2D eigenvalue weighted by Crippen LogP contribution is 2.30. The molecule has 0 saturated heterocycles. The number of hydrogen-bond acceptors (Lipinski definition) is 6. The Bertz CT molecular complexity index is 384. The zero-order chi connectivity index (χ0) is 12.7. The number of nitrogens with one attached hydrogen (secondary N) is 1. The topological polar surface area (TPSA) is 90.2 Å². The van der Waals surface area contributed by atoms with Crippen molar-refractivity contribution in [2.75, 3.05) is 19.0 Å². The maximum atomic E-state index is 10.9. The molecule has 0 atom stereocenters. The van der Waals surface area contributed by atoms with E-state index in [1.54, 1.807) is 0 Å². The van der Waals surface area contributed by atoms with Crippen molar-refractivity contribution in [3.8, 4) is 5.88 Å². The van der Waals surface area contributed by atoms with Crippen molar-refractivity contribution in [3.05, 3.63) is 16.4 Å². The average Bonchev–Trinajstić information content (AvgIpc) is 2.33. The van der Waals surface area contributed by atoms with E-state index in [9.17, 15) is 10.1 Å². The number of methoxy groups -OCH3 is 1. The quantitative estimate of drug-likeness (QED) is 0.445. The van der Waals surface area contributed by atoms with Gasteiger partial charge in [-0.15, -0.1) is 0 Å². The molecule has 0 aliphatic heterocycles. The summed E-state index contributed by atoms with van der Waals surface area (Å²) in [5, 5.41) is 13.8. The Hall–Kier alpha value is -1.92.